The first kappa shape index (κ1) is 27.7. The van der Waals surface area contributed by atoms with E-state index in [4.69, 9.17) is 16.3 Å². The van der Waals surface area contributed by atoms with Gasteiger partial charge in [-0.15, -0.1) is 10.2 Å². The maximum atomic E-state index is 13.4. The van der Waals surface area contributed by atoms with Crippen LogP contribution in [0, 0.1) is 0 Å². The van der Waals surface area contributed by atoms with Gasteiger partial charge in [0.25, 0.3) is 5.91 Å². The maximum Gasteiger partial charge on any atom is 0.432 e. The number of rotatable bonds is 5. The van der Waals surface area contributed by atoms with Gasteiger partial charge in [-0.25, -0.2) is 14.5 Å². The van der Waals surface area contributed by atoms with E-state index in [9.17, 15) is 19.5 Å². The minimum atomic E-state index is -1.28. The van der Waals surface area contributed by atoms with Gasteiger partial charge in [0, 0.05) is 29.9 Å². The third-order valence-electron chi connectivity index (χ3n) is 5.61. The largest absolute Gasteiger partial charge is 0.463 e. The van der Waals surface area contributed by atoms with Gasteiger partial charge in [-0.2, -0.15) is 14.9 Å². The molecule has 0 spiro atoms. The molecule has 0 saturated heterocycles. The number of hydrogen-bond acceptors (Lipinski definition) is 9. The average molecular weight is 595 g/mol. The predicted molar refractivity (Wildman–Crippen MR) is 153 cm³/mol. The SMILES string of the molecule is Cn1cc(C(=O)Nc2cccc(-c3nnc(N(C(=O)OC(C)(C)C)c4ccc5c(cnn5C(=O)O)c4Cl)s3)c2)cn1. The summed E-state index contributed by atoms with van der Waals surface area (Å²) in [5.74, 6) is -0.319. The standard InChI is InChI=1S/C26H23ClN8O5S/c1-26(2,3)40-25(39)34(19-9-8-18-17(20(19)27)12-29-35(18)24(37)38)23-32-31-22(41-23)14-6-5-7-16(10-14)30-21(36)15-11-28-33(4)13-15/h5-13H,1-4H3,(H,30,36)(H,37,38). The predicted octanol–water partition coefficient (Wildman–Crippen LogP) is 5.79. The molecule has 3 heterocycles. The van der Waals surface area contributed by atoms with E-state index in [-0.39, 0.29) is 27.3 Å². The third kappa shape index (κ3) is 5.73. The van der Waals surface area contributed by atoms with Crippen molar-refractivity contribution in [1.82, 2.24) is 29.8 Å². The Bertz CT molecular complexity index is 1800. The molecule has 210 valence electrons. The second kappa shape index (κ2) is 10.6. The molecule has 2 amide bonds. The number of carbonyl (C=O) groups excluding carboxylic acids is 2. The highest BCUT2D eigenvalue weighted by molar-refractivity contribution is 7.18. The molecule has 41 heavy (non-hydrogen) atoms. The molecule has 0 aliphatic heterocycles. The molecular formula is C26H23ClN8O5S. The van der Waals surface area contributed by atoms with Crippen LogP contribution >= 0.6 is 22.9 Å². The molecule has 13 nitrogen and oxygen atoms in total. The van der Waals surface area contributed by atoms with Crippen molar-refractivity contribution >= 4 is 68.4 Å². The highest BCUT2D eigenvalue weighted by Crippen LogP contribution is 2.40. The van der Waals surface area contributed by atoms with Crippen molar-refractivity contribution in [1.29, 1.82) is 0 Å². The van der Waals surface area contributed by atoms with Crippen LogP contribution in [0.1, 0.15) is 31.1 Å². The van der Waals surface area contributed by atoms with E-state index in [0.717, 1.165) is 16.0 Å². The van der Waals surface area contributed by atoms with Crippen molar-refractivity contribution in [3.63, 3.8) is 0 Å². The Balaban J connectivity index is 1.51. The highest BCUT2D eigenvalue weighted by atomic mass is 35.5. The summed E-state index contributed by atoms with van der Waals surface area (Å²) in [6.07, 6.45) is 2.34. The average Bonchev–Trinajstić information content (AvgIpc) is 3.65. The summed E-state index contributed by atoms with van der Waals surface area (Å²) >= 11 is 7.78. The van der Waals surface area contributed by atoms with Gasteiger partial charge in [0.15, 0.2) is 0 Å². The number of halogens is 1. The fraction of sp³-hybridized carbons (Fsp3) is 0.192. The number of nitrogens with one attached hydrogen (secondary N) is 1. The summed E-state index contributed by atoms with van der Waals surface area (Å²) < 4.78 is 7.96. The molecule has 0 aliphatic rings. The lowest BCUT2D eigenvalue weighted by Gasteiger charge is -2.26. The molecule has 15 heteroatoms. The Morgan fingerprint density at radius 2 is 1.88 bits per heavy atom. The van der Waals surface area contributed by atoms with Gasteiger partial charge in [-0.3, -0.25) is 9.48 Å². The molecule has 5 aromatic rings. The van der Waals surface area contributed by atoms with Gasteiger partial charge >= 0.3 is 12.2 Å². The number of nitrogens with zero attached hydrogens (tertiary/aromatic N) is 7. The zero-order chi connectivity index (χ0) is 29.5. The van der Waals surface area contributed by atoms with Gasteiger partial charge in [0.1, 0.15) is 10.6 Å². The van der Waals surface area contributed by atoms with Crippen molar-refractivity contribution in [2.24, 2.45) is 7.05 Å². The fourth-order valence-electron chi connectivity index (χ4n) is 3.86. The van der Waals surface area contributed by atoms with Gasteiger partial charge in [-0.05, 0) is 45.0 Å². The zero-order valence-corrected chi connectivity index (χ0v) is 23.8. The number of aryl methyl sites for hydroxylation is 1. The second-order valence-electron chi connectivity index (χ2n) is 9.81. The third-order valence-corrected chi connectivity index (χ3v) is 6.96. The van der Waals surface area contributed by atoms with Crippen molar-refractivity contribution in [2.75, 3.05) is 10.2 Å². The first-order valence-corrected chi connectivity index (χ1v) is 13.3. The van der Waals surface area contributed by atoms with Crippen LogP contribution < -0.4 is 10.2 Å². The van der Waals surface area contributed by atoms with E-state index >= 15 is 0 Å². The molecule has 0 bridgehead atoms. The van der Waals surface area contributed by atoms with E-state index < -0.39 is 17.8 Å². The van der Waals surface area contributed by atoms with Crippen molar-refractivity contribution in [3.8, 4) is 10.6 Å². The zero-order valence-electron chi connectivity index (χ0n) is 22.2. The van der Waals surface area contributed by atoms with Crippen LogP contribution in [0.2, 0.25) is 5.02 Å². The quantitative estimate of drug-likeness (QED) is 0.257. The Labute approximate surface area is 241 Å². The number of carboxylic acid groups (broad SMARTS) is 1. The van der Waals surface area contributed by atoms with E-state index in [0.29, 0.717) is 27.2 Å². The van der Waals surface area contributed by atoms with Crippen LogP contribution in [0.4, 0.5) is 26.1 Å². The summed E-state index contributed by atoms with van der Waals surface area (Å²) in [6.45, 7) is 5.17. The van der Waals surface area contributed by atoms with Crippen LogP contribution in [0.3, 0.4) is 0 Å². The van der Waals surface area contributed by atoms with E-state index in [1.165, 1.54) is 34.1 Å². The molecule has 0 aliphatic carbocycles. The lowest BCUT2D eigenvalue weighted by Crippen LogP contribution is -2.34. The van der Waals surface area contributed by atoms with Gasteiger partial charge in [0.2, 0.25) is 5.13 Å². The van der Waals surface area contributed by atoms with Gasteiger partial charge in [-0.1, -0.05) is 35.1 Å². The molecular weight excluding hydrogens is 572 g/mol. The smallest absolute Gasteiger partial charge is 0.432 e. The summed E-state index contributed by atoms with van der Waals surface area (Å²) in [5, 5.41) is 29.6. The van der Waals surface area contributed by atoms with Crippen molar-refractivity contribution in [3.05, 3.63) is 65.6 Å². The molecule has 2 aromatic carbocycles. The summed E-state index contributed by atoms with van der Waals surface area (Å²) in [4.78, 5) is 38.7. The molecule has 5 rings (SSSR count). The van der Waals surface area contributed by atoms with Crippen LogP contribution in [0.25, 0.3) is 21.5 Å². The van der Waals surface area contributed by atoms with Gasteiger partial charge < -0.3 is 15.2 Å². The second-order valence-corrected chi connectivity index (χ2v) is 11.1. The monoisotopic (exact) mass is 594 g/mol. The molecule has 0 unspecified atom stereocenters. The van der Waals surface area contributed by atoms with Crippen LogP contribution in [-0.2, 0) is 11.8 Å². The number of amides is 2. The number of ether oxygens (including phenoxy) is 1. The number of benzene rings is 2. The Morgan fingerprint density at radius 3 is 2.56 bits per heavy atom. The van der Waals surface area contributed by atoms with Crippen LogP contribution in [-0.4, -0.2) is 58.6 Å². The number of carbonyl (C=O) groups is 3. The van der Waals surface area contributed by atoms with Crippen LogP contribution in [0.5, 0.6) is 0 Å². The number of hydrogen-bond donors (Lipinski definition) is 2. The number of anilines is 3. The first-order valence-electron chi connectivity index (χ1n) is 12.1. The topological polar surface area (TPSA) is 157 Å². The lowest BCUT2D eigenvalue weighted by molar-refractivity contribution is 0.0598. The van der Waals surface area contributed by atoms with E-state index in [1.807, 2.05) is 0 Å². The fourth-order valence-corrected chi connectivity index (χ4v) is 5.00. The minimum absolute atomic E-state index is 0.0812. The Morgan fingerprint density at radius 1 is 1.10 bits per heavy atom. The molecule has 2 N–H and O–H groups in total. The molecule has 0 fully saturated rings. The molecule has 0 saturated carbocycles. The first-order chi connectivity index (χ1) is 19.4. The normalized spacial score (nSPS) is 11.4. The Kier molecular flexibility index (Phi) is 7.19. The minimum Gasteiger partial charge on any atom is -0.463 e. The molecule has 3 aromatic heterocycles. The maximum absolute atomic E-state index is 13.4. The van der Waals surface area contributed by atoms with E-state index in [2.05, 4.69) is 25.7 Å². The van der Waals surface area contributed by atoms with Gasteiger partial charge in [0.05, 0.1) is 34.2 Å². The summed E-state index contributed by atoms with van der Waals surface area (Å²) in [6, 6.07) is 10.00. The van der Waals surface area contributed by atoms with Crippen molar-refractivity contribution in [2.45, 2.75) is 26.4 Å². The van der Waals surface area contributed by atoms with Crippen LogP contribution in [0.15, 0.2) is 55.0 Å². The highest BCUT2D eigenvalue weighted by Gasteiger charge is 2.30. The Hall–Kier alpha value is -4.82. The number of fused-ring (bicyclic) bond motifs is 1. The number of aromatic nitrogens is 6. The van der Waals surface area contributed by atoms with Crippen molar-refractivity contribution < 1.29 is 24.2 Å². The lowest BCUT2D eigenvalue weighted by atomic mass is 10.2. The molecule has 0 atom stereocenters. The summed E-state index contributed by atoms with van der Waals surface area (Å²) in [5.41, 5.74) is 1.20. The molecule has 0 radical (unpaired) electrons. The summed E-state index contributed by atoms with van der Waals surface area (Å²) in [7, 11) is 1.72. The van der Waals surface area contributed by atoms with E-state index in [1.54, 1.807) is 58.3 Å².